The Morgan fingerprint density at radius 2 is 1.69 bits per heavy atom. The summed E-state index contributed by atoms with van der Waals surface area (Å²) in [6.45, 7) is 4.64. The highest BCUT2D eigenvalue weighted by atomic mass is 16.5. The fraction of sp³-hybridized carbons (Fsp3) is 1.00. The molecule has 0 aromatic rings. The van der Waals surface area contributed by atoms with E-state index in [0.29, 0.717) is 11.3 Å². The maximum absolute atomic E-state index is 10.5. The van der Waals surface area contributed by atoms with Gasteiger partial charge in [-0.15, -0.1) is 0 Å². The van der Waals surface area contributed by atoms with Gasteiger partial charge >= 0.3 is 0 Å². The van der Waals surface area contributed by atoms with E-state index in [-0.39, 0.29) is 11.7 Å². The smallest absolute Gasteiger partial charge is 0.0939 e. The van der Waals surface area contributed by atoms with E-state index in [2.05, 4.69) is 13.8 Å². The molecule has 2 nitrogen and oxygen atoms in total. The Bertz CT molecular complexity index is 233. The molecular weight excluding hydrogens is 200 g/mol. The van der Waals surface area contributed by atoms with E-state index in [1.54, 1.807) is 7.11 Å². The van der Waals surface area contributed by atoms with Crippen LogP contribution in [0.1, 0.15) is 58.8 Å². The van der Waals surface area contributed by atoms with Crippen LogP contribution in [0.5, 0.6) is 0 Å². The fourth-order valence-corrected chi connectivity index (χ4v) is 3.16. The fourth-order valence-electron chi connectivity index (χ4n) is 3.16. The van der Waals surface area contributed by atoms with Crippen LogP contribution in [-0.4, -0.2) is 23.9 Å². The van der Waals surface area contributed by atoms with E-state index in [1.807, 2.05) is 0 Å². The molecule has 94 valence electrons. The van der Waals surface area contributed by atoms with E-state index in [4.69, 9.17) is 4.74 Å². The maximum Gasteiger partial charge on any atom is 0.0939 e. The molecule has 0 spiro atoms. The predicted molar refractivity (Wildman–Crippen MR) is 65.3 cm³/mol. The summed E-state index contributed by atoms with van der Waals surface area (Å²) in [4.78, 5) is 0. The third-order valence-electron chi connectivity index (χ3n) is 4.99. The Balaban J connectivity index is 2.02. The first-order valence-electron chi connectivity index (χ1n) is 6.72. The number of aliphatic hydroxyl groups excluding tert-OH is 1. The van der Waals surface area contributed by atoms with Crippen LogP contribution in [0, 0.1) is 11.3 Å². The van der Waals surface area contributed by atoms with Crippen LogP contribution in [0.3, 0.4) is 0 Å². The highest BCUT2D eigenvalue weighted by molar-refractivity contribution is 4.99. The van der Waals surface area contributed by atoms with Crippen LogP contribution in [0.25, 0.3) is 0 Å². The molecule has 2 rings (SSSR count). The summed E-state index contributed by atoms with van der Waals surface area (Å²) < 4.78 is 5.74. The number of methoxy groups -OCH3 is 1. The quantitative estimate of drug-likeness (QED) is 0.801. The van der Waals surface area contributed by atoms with Crippen molar-refractivity contribution in [2.45, 2.75) is 70.5 Å². The number of ether oxygens (including phenoxy) is 1. The van der Waals surface area contributed by atoms with Crippen LogP contribution < -0.4 is 0 Å². The minimum absolute atomic E-state index is 0.234. The van der Waals surface area contributed by atoms with E-state index in [0.717, 1.165) is 12.8 Å². The first kappa shape index (κ1) is 12.4. The summed E-state index contributed by atoms with van der Waals surface area (Å²) in [6, 6.07) is 0. The maximum atomic E-state index is 10.5. The normalized spacial score (nSPS) is 30.8. The molecule has 2 aliphatic carbocycles. The highest BCUT2D eigenvalue weighted by Gasteiger charge is 2.47. The van der Waals surface area contributed by atoms with Crippen molar-refractivity contribution in [1.82, 2.24) is 0 Å². The zero-order valence-electron chi connectivity index (χ0n) is 11.0. The number of rotatable bonds is 3. The standard InChI is InChI=1S/C14H26O2/c1-13(2)7-9-14(16-3,10-8-13)12(15)11-5-4-6-11/h11-12,15H,4-10H2,1-3H3. The predicted octanol–water partition coefficient (Wildman–Crippen LogP) is 3.13. The number of aliphatic hydroxyl groups is 1. The summed E-state index contributed by atoms with van der Waals surface area (Å²) in [5, 5.41) is 10.5. The van der Waals surface area contributed by atoms with Crippen molar-refractivity contribution in [2.75, 3.05) is 7.11 Å². The van der Waals surface area contributed by atoms with Crippen molar-refractivity contribution >= 4 is 0 Å². The van der Waals surface area contributed by atoms with E-state index >= 15 is 0 Å². The van der Waals surface area contributed by atoms with Crippen molar-refractivity contribution in [1.29, 1.82) is 0 Å². The van der Waals surface area contributed by atoms with Gasteiger partial charge in [0.15, 0.2) is 0 Å². The second-order valence-corrected chi connectivity index (χ2v) is 6.57. The van der Waals surface area contributed by atoms with Crippen molar-refractivity contribution in [3.63, 3.8) is 0 Å². The monoisotopic (exact) mass is 226 g/mol. The third kappa shape index (κ3) is 2.14. The summed E-state index contributed by atoms with van der Waals surface area (Å²) in [5.41, 5.74) is 0.196. The van der Waals surface area contributed by atoms with Crippen LogP contribution in [0.15, 0.2) is 0 Å². The van der Waals surface area contributed by atoms with Gasteiger partial charge in [-0.1, -0.05) is 20.3 Å². The minimum Gasteiger partial charge on any atom is -0.390 e. The molecule has 16 heavy (non-hydrogen) atoms. The number of hydrogen-bond acceptors (Lipinski definition) is 2. The van der Waals surface area contributed by atoms with Gasteiger partial charge in [0.2, 0.25) is 0 Å². The van der Waals surface area contributed by atoms with E-state index in [1.165, 1.54) is 32.1 Å². The van der Waals surface area contributed by atoms with Gasteiger partial charge in [0.05, 0.1) is 11.7 Å². The topological polar surface area (TPSA) is 29.5 Å². The molecular formula is C14H26O2. The third-order valence-corrected chi connectivity index (χ3v) is 4.99. The van der Waals surface area contributed by atoms with Crippen LogP contribution in [0.2, 0.25) is 0 Å². The van der Waals surface area contributed by atoms with Crippen molar-refractivity contribution in [3.05, 3.63) is 0 Å². The molecule has 2 fully saturated rings. The molecule has 0 aromatic heterocycles. The molecule has 0 saturated heterocycles. The lowest BCUT2D eigenvalue weighted by molar-refractivity contribution is -0.162. The molecule has 0 amide bonds. The molecule has 0 radical (unpaired) electrons. The molecule has 1 N–H and O–H groups in total. The first-order valence-corrected chi connectivity index (χ1v) is 6.72. The zero-order chi connectivity index (χ0) is 11.8. The number of hydrogen-bond donors (Lipinski definition) is 1. The Morgan fingerprint density at radius 3 is 2.06 bits per heavy atom. The van der Waals surface area contributed by atoms with Gasteiger partial charge in [0, 0.05) is 7.11 Å². The summed E-state index contributed by atoms with van der Waals surface area (Å²) in [5.74, 6) is 0.501. The molecule has 2 heteroatoms. The largest absolute Gasteiger partial charge is 0.390 e. The van der Waals surface area contributed by atoms with Gasteiger partial charge < -0.3 is 9.84 Å². The first-order chi connectivity index (χ1) is 7.49. The van der Waals surface area contributed by atoms with Gasteiger partial charge in [0.1, 0.15) is 0 Å². The van der Waals surface area contributed by atoms with Gasteiger partial charge in [0.25, 0.3) is 0 Å². The SMILES string of the molecule is COC1(C(O)C2CCC2)CCC(C)(C)CC1. The van der Waals surface area contributed by atoms with Crippen molar-refractivity contribution < 1.29 is 9.84 Å². The van der Waals surface area contributed by atoms with Crippen LogP contribution >= 0.6 is 0 Å². The van der Waals surface area contributed by atoms with Crippen LogP contribution in [-0.2, 0) is 4.74 Å². The van der Waals surface area contributed by atoms with E-state index < -0.39 is 0 Å². The van der Waals surface area contributed by atoms with Gasteiger partial charge in [-0.2, -0.15) is 0 Å². The Morgan fingerprint density at radius 1 is 1.12 bits per heavy atom. The van der Waals surface area contributed by atoms with Gasteiger partial charge in [-0.05, 0) is 49.9 Å². The molecule has 2 aliphatic rings. The molecule has 0 heterocycles. The molecule has 0 aromatic carbocycles. The molecule has 2 saturated carbocycles. The second kappa shape index (κ2) is 4.30. The molecule has 0 bridgehead atoms. The lowest BCUT2D eigenvalue weighted by Crippen LogP contribution is -2.52. The highest BCUT2D eigenvalue weighted by Crippen LogP contribution is 2.47. The van der Waals surface area contributed by atoms with Crippen molar-refractivity contribution in [3.8, 4) is 0 Å². The molecule has 1 atom stereocenters. The van der Waals surface area contributed by atoms with Gasteiger partial charge in [-0.25, -0.2) is 0 Å². The molecule has 0 aliphatic heterocycles. The van der Waals surface area contributed by atoms with Crippen LogP contribution in [0.4, 0.5) is 0 Å². The Kier molecular flexibility index (Phi) is 3.33. The summed E-state index contributed by atoms with van der Waals surface area (Å²) in [7, 11) is 1.78. The summed E-state index contributed by atoms with van der Waals surface area (Å²) in [6.07, 6.45) is 7.82. The summed E-state index contributed by atoms with van der Waals surface area (Å²) >= 11 is 0. The second-order valence-electron chi connectivity index (χ2n) is 6.57. The minimum atomic E-state index is -0.236. The van der Waals surface area contributed by atoms with E-state index in [9.17, 15) is 5.11 Å². The van der Waals surface area contributed by atoms with Crippen molar-refractivity contribution in [2.24, 2.45) is 11.3 Å². The zero-order valence-corrected chi connectivity index (χ0v) is 11.0. The lowest BCUT2D eigenvalue weighted by atomic mass is 9.64. The average Bonchev–Trinajstić information content (AvgIpc) is 2.16. The Hall–Kier alpha value is -0.0800. The average molecular weight is 226 g/mol. The Labute approximate surface area is 99.4 Å². The lowest BCUT2D eigenvalue weighted by Gasteiger charge is -2.48. The molecule has 1 unspecified atom stereocenters. The van der Waals surface area contributed by atoms with Gasteiger partial charge in [-0.3, -0.25) is 0 Å².